The molecule has 0 spiro atoms. The number of benzene rings is 1. The van der Waals surface area contributed by atoms with Crippen LogP contribution in [0.1, 0.15) is 54.2 Å². The minimum Gasteiger partial charge on any atom is -0.336 e. The molecule has 0 radical (unpaired) electrons. The molecule has 0 aliphatic heterocycles. The van der Waals surface area contributed by atoms with Crippen molar-refractivity contribution < 1.29 is 14.3 Å². The van der Waals surface area contributed by atoms with Gasteiger partial charge in [-0.3, -0.25) is 9.36 Å². The van der Waals surface area contributed by atoms with Crippen LogP contribution < -0.4 is 0 Å². The Labute approximate surface area is 144 Å². The zero-order chi connectivity index (χ0) is 18.2. The molecule has 2 rings (SSSR count). The van der Waals surface area contributed by atoms with Crippen LogP contribution in [0.5, 0.6) is 0 Å². The van der Waals surface area contributed by atoms with Gasteiger partial charge >= 0.3 is 0 Å². The minimum absolute atomic E-state index is 0.0691. The smallest absolute Gasteiger partial charge is 0.294 e. The highest BCUT2D eigenvalue weighted by molar-refractivity contribution is 7.79. The first-order valence-electron chi connectivity index (χ1n) is 8.48. The summed E-state index contributed by atoms with van der Waals surface area (Å²) in [6.45, 7) is 11.5. The summed E-state index contributed by atoms with van der Waals surface area (Å²) in [4.78, 5) is 23.8. The number of aryl methyl sites for hydroxylation is 3. The minimum atomic E-state index is -4.11. The molecule has 3 atom stereocenters. The maximum atomic E-state index is 13.2. The van der Waals surface area contributed by atoms with Crippen LogP contribution >= 0.6 is 7.37 Å². The molecule has 0 amide bonds. The van der Waals surface area contributed by atoms with E-state index in [1.54, 1.807) is 6.08 Å². The lowest BCUT2D eigenvalue weighted by atomic mass is 9.89. The van der Waals surface area contributed by atoms with Crippen molar-refractivity contribution in [2.75, 3.05) is 0 Å². The summed E-state index contributed by atoms with van der Waals surface area (Å²) in [5.41, 5.74) is 3.44. The Morgan fingerprint density at radius 1 is 1.12 bits per heavy atom. The third kappa shape index (κ3) is 3.34. The third-order valence-corrected chi connectivity index (χ3v) is 6.85. The molecule has 0 saturated carbocycles. The Morgan fingerprint density at radius 2 is 1.67 bits per heavy atom. The van der Waals surface area contributed by atoms with Crippen LogP contribution in [0.3, 0.4) is 0 Å². The zero-order valence-corrected chi connectivity index (χ0v) is 16.3. The summed E-state index contributed by atoms with van der Waals surface area (Å²) >= 11 is 0. The summed E-state index contributed by atoms with van der Waals surface area (Å²) < 4.78 is 13.2. The average Bonchev–Trinajstić information content (AvgIpc) is 2.47. The van der Waals surface area contributed by atoms with Crippen LogP contribution in [-0.2, 0) is 4.57 Å². The molecule has 1 aromatic rings. The van der Waals surface area contributed by atoms with Crippen molar-refractivity contribution in [1.29, 1.82) is 0 Å². The van der Waals surface area contributed by atoms with Gasteiger partial charge in [-0.15, -0.1) is 0 Å². The first-order chi connectivity index (χ1) is 11.1. The number of hydrogen-bond donors (Lipinski definition) is 1. The standard InChI is InChI=1S/C20H27O3P/c1-7-17-10-13(3)11-18(16(17)6)24(22,23)20(21)19-14(4)8-12(2)9-15(19)5/h8-11,13,16H,7H2,1-6H3,(H,22,23). The molecule has 0 aromatic heterocycles. The van der Waals surface area contributed by atoms with Crippen molar-refractivity contribution in [3.8, 4) is 0 Å². The topological polar surface area (TPSA) is 54.4 Å². The van der Waals surface area contributed by atoms with Crippen LogP contribution in [0.4, 0.5) is 0 Å². The second-order valence-corrected chi connectivity index (χ2v) is 9.00. The number of carbonyl (C=O) groups is 1. The monoisotopic (exact) mass is 346 g/mol. The number of carbonyl (C=O) groups excluding carboxylic acids is 1. The van der Waals surface area contributed by atoms with Crippen molar-refractivity contribution >= 4 is 12.9 Å². The molecule has 1 aromatic carbocycles. The van der Waals surface area contributed by atoms with Gasteiger partial charge in [-0.25, -0.2) is 0 Å². The molecule has 4 heteroatoms. The lowest BCUT2D eigenvalue weighted by Crippen LogP contribution is -2.16. The quantitative estimate of drug-likeness (QED) is 0.576. The molecule has 3 nitrogen and oxygen atoms in total. The van der Waals surface area contributed by atoms with Crippen LogP contribution in [-0.4, -0.2) is 10.4 Å². The largest absolute Gasteiger partial charge is 0.336 e. The molecule has 0 bridgehead atoms. The zero-order valence-electron chi connectivity index (χ0n) is 15.4. The molecular weight excluding hydrogens is 319 g/mol. The number of allylic oxidation sites excluding steroid dienone is 4. The molecule has 1 aliphatic carbocycles. The van der Waals surface area contributed by atoms with Gasteiger partial charge in [0, 0.05) is 16.8 Å². The van der Waals surface area contributed by atoms with Crippen molar-refractivity contribution in [3.05, 3.63) is 57.4 Å². The Bertz CT molecular complexity index is 763. The van der Waals surface area contributed by atoms with Gasteiger partial charge in [0.2, 0.25) is 0 Å². The first-order valence-corrected chi connectivity index (χ1v) is 10.1. The maximum absolute atomic E-state index is 13.2. The summed E-state index contributed by atoms with van der Waals surface area (Å²) in [6, 6.07) is 3.78. The lowest BCUT2D eigenvalue weighted by Gasteiger charge is -2.28. The average molecular weight is 346 g/mol. The molecule has 1 aliphatic rings. The molecule has 0 fully saturated rings. The number of rotatable bonds is 4. The fourth-order valence-electron chi connectivity index (χ4n) is 3.71. The van der Waals surface area contributed by atoms with Crippen LogP contribution in [0.25, 0.3) is 0 Å². The maximum Gasteiger partial charge on any atom is 0.294 e. The first kappa shape index (κ1) is 18.9. The van der Waals surface area contributed by atoms with Gasteiger partial charge in [0.1, 0.15) is 0 Å². The highest BCUT2D eigenvalue weighted by atomic mass is 31.2. The Kier molecular flexibility index (Phi) is 5.37. The van der Waals surface area contributed by atoms with Crippen molar-refractivity contribution in [3.63, 3.8) is 0 Å². The van der Waals surface area contributed by atoms with Gasteiger partial charge in [-0.1, -0.05) is 56.2 Å². The van der Waals surface area contributed by atoms with E-state index < -0.39 is 12.9 Å². The van der Waals surface area contributed by atoms with Gasteiger partial charge in [-0.2, -0.15) is 0 Å². The molecule has 24 heavy (non-hydrogen) atoms. The van der Waals surface area contributed by atoms with Gasteiger partial charge < -0.3 is 4.89 Å². The molecular formula is C20H27O3P. The molecule has 0 heterocycles. The van der Waals surface area contributed by atoms with E-state index in [-0.39, 0.29) is 11.8 Å². The van der Waals surface area contributed by atoms with E-state index >= 15 is 0 Å². The molecule has 1 N–H and O–H groups in total. The summed E-state index contributed by atoms with van der Waals surface area (Å²) in [6.07, 6.45) is 4.74. The Hall–Kier alpha value is -1.44. The number of hydrogen-bond acceptors (Lipinski definition) is 2. The van der Waals surface area contributed by atoms with E-state index in [4.69, 9.17) is 0 Å². The van der Waals surface area contributed by atoms with E-state index in [9.17, 15) is 14.3 Å². The summed E-state index contributed by atoms with van der Waals surface area (Å²) in [5, 5.41) is 0.388. The van der Waals surface area contributed by atoms with Crippen LogP contribution in [0.15, 0.2) is 35.2 Å². The van der Waals surface area contributed by atoms with E-state index in [0.29, 0.717) is 10.9 Å². The van der Waals surface area contributed by atoms with E-state index in [1.165, 1.54) is 0 Å². The fraction of sp³-hybridized carbons (Fsp3) is 0.450. The second-order valence-electron chi connectivity index (χ2n) is 6.92. The summed E-state index contributed by atoms with van der Waals surface area (Å²) in [7, 11) is -4.11. The summed E-state index contributed by atoms with van der Waals surface area (Å²) in [5.74, 6) is -0.100. The van der Waals surface area contributed by atoms with Crippen molar-refractivity contribution in [1.82, 2.24) is 0 Å². The third-order valence-electron chi connectivity index (χ3n) is 4.83. The lowest BCUT2D eigenvalue weighted by molar-refractivity contribution is 0.106. The fourth-order valence-corrected chi connectivity index (χ4v) is 5.73. The highest BCUT2D eigenvalue weighted by Crippen LogP contribution is 2.58. The molecule has 0 saturated heterocycles. The normalized spacial score (nSPS) is 23.3. The van der Waals surface area contributed by atoms with Crippen LogP contribution in [0, 0.1) is 32.6 Å². The predicted molar refractivity (Wildman–Crippen MR) is 99.6 cm³/mol. The Morgan fingerprint density at radius 3 is 2.17 bits per heavy atom. The van der Waals surface area contributed by atoms with Gasteiger partial charge in [0.05, 0.1) is 0 Å². The van der Waals surface area contributed by atoms with Crippen LogP contribution in [0.2, 0.25) is 0 Å². The van der Waals surface area contributed by atoms with Gasteiger partial charge in [0.15, 0.2) is 0 Å². The van der Waals surface area contributed by atoms with E-state index in [2.05, 4.69) is 6.08 Å². The van der Waals surface area contributed by atoms with Gasteiger partial charge in [-0.05, 0) is 44.2 Å². The Balaban J connectivity index is 2.52. The van der Waals surface area contributed by atoms with Crippen molar-refractivity contribution in [2.24, 2.45) is 11.8 Å². The predicted octanol–water partition coefficient (Wildman–Crippen LogP) is 5.53. The van der Waals surface area contributed by atoms with Crippen molar-refractivity contribution in [2.45, 2.75) is 48.0 Å². The van der Waals surface area contributed by atoms with Gasteiger partial charge in [0.25, 0.3) is 12.9 Å². The SMILES string of the molecule is CCC1=CC(C)C=C(P(=O)(O)C(=O)c2c(C)cc(C)cc2C)C1C. The molecule has 3 unspecified atom stereocenters. The highest BCUT2D eigenvalue weighted by Gasteiger charge is 2.40. The molecule has 130 valence electrons. The van der Waals surface area contributed by atoms with E-state index in [0.717, 1.165) is 28.7 Å². The second kappa shape index (κ2) is 6.82. The van der Waals surface area contributed by atoms with E-state index in [1.807, 2.05) is 53.7 Å².